The number of amides is 1. The Kier molecular flexibility index (Phi) is 8.20. The van der Waals surface area contributed by atoms with Crippen molar-refractivity contribution in [2.75, 3.05) is 19.5 Å². The Bertz CT molecular complexity index is 984. The molecule has 3 aromatic rings. The largest absolute Gasteiger partial charge is 0.383 e. The number of aromatic nitrogens is 4. The summed E-state index contributed by atoms with van der Waals surface area (Å²) in [4.78, 5) is 16.7. The molecule has 0 aliphatic rings. The van der Waals surface area contributed by atoms with Gasteiger partial charge in [0, 0.05) is 31.1 Å². The molecule has 0 aliphatic carbocycles. The molecular formula is C23H29N5O2S. The van der Waals surface area contributed by atoms with Crippen molar-refractivity contribution in [3.63, 3.8) is 0 Å². The van der Waals surface area contributed by atoms with E-state index in [-0.39, 0.29) is 17.7 Å². The van der Waals surface area contributed by atoms with Crippen LogP contribution < -0.4 is 5.32 Å². The first kappa shape index (κ1) is 23.0. The van der Waals surface area contributed by atoms with Crippen molar-refractivity contribution in [2.24, 2.45) is 0 Å². The summed E-state index contributed by atoms with van der Waals surface area (Å²) in [5, 5.41) is 12.6. The van der Waals surface area contributed by atoms with Crippen LogP contribution in [0.3, 0.4) is 0 Å². The molecule has 1 aromatic carbocycles. The quantitative estimate of drug-likeness (QED) is 0.485. The second kappa shape index (κ2) is 11.1. The number of carbonyl (C=O) groups is 1. The number of benzene rings is 1. The maximum absolute atomic E-state index is 12.4. The van der Waals surface area contributed by atoms with Gasteiger partial charge in [-0.3, -0.25) is 14.3 Å². The minimum absolute atomic E-state index is 0.0468. The standard InChI is InChI=1S/C23H29N5O2S/c1-5-17-9-7-10-18(6-2)21(17)28-22(19-11-8-12-24-13-19)26-27-23(28)31-15-20(29)25-16(3)14-30-4/h7-13,16H,5-6,14-15H2,1-4H3,(H,25,29). The van der Waals surface area contributed by atoms with E-state index >= 15 is 0 Å². The van der Waals surface area contributed by atoms with Crippen LogP contribution in [0.2, 0.25) is 0 Å². The number of para-hydroxylation sites is 1. The van der Waals surface area contributed by atoms with E-state index in [1.807, 2.05) is 19.1 Å². The topological polar surface area (TPSA) is 81.9 Å². The van der Waals surface area contributed by atoms with Gasteiger partial charge in [-0.1, -0.05) is 43.8 Å². The van der Waals surface area contributed by atoms with Crippen molar-refractivity contribution >= 4 is 17.7 Å². The average molecular weight is 440 g/mol. The minimum Gasteiger partial charge on any atom is -0.383 e. The van der Waals surface area contributed by atoms with Crippen LogP contribution in [0.1, 0.15) is 31.9 Å². The molecule has 0 saturated heterocycles. The van der Waals surface area contributed by atoms with E-state index in [1.165, 1.54) is 22.9 Å². The van der Waals surface area contributed by atoms with E-state index in [4.69, 9.17) is 4.74 Å². The number of aryl methyl sites for hydroxylation is 2. The fraction of sp³-hybridized carbons (Fsp3) is 0.391. The molecule has 1 N–H and O–H groups in total. The molecule has 0 radical (unpaired) electrons. The van der Waals surface area contributed by atoms with Gasteiger partial charge in [-0.2, -0.15) is 0 Å². The average Bonchev–Trinajstić information content (AvgIpc) is 3.21. The van der Waals surface area contributed by atoms with Crippen molar-refractivity contribution in [1.29, 1.82) is 0 Å². The molecule has 0 aliphatic heterocycles. The Hall–Kier alpha value is -2.71. The maximum atomic E-state index is 12.4. The normalized spacial score (nSPS) is 12.0. The molecule has 164 valence electrons. The first-order valence-corrected chi connectivity index (χ1v) is 11.5. The first-order chi connectivity index (χ1) is 15.1. The summed E-state index contributed by atoms with van der Waals surface area (Å²) in [7, 11) is 1.62. The van der Waals surface area contributed by atoms with E-state index in [9.17, 15) is 4.79 Å². The Morgan fingerprint density at radius 1 is 1.16 bits per heavy atom. The molecule has 8 heteroatoms. The van der Waals surface area contributed by atoms with Crippen molar-refractivity contribution in [1.82, 2.24) is 25.1 Å². The van der Waals surface area contributed by atoms with E-state index in [0.717, 1.165) is 29.9 Å². The van der Waals surface area contributed by atoms with Gasteiger partial charge >= 0.3 is 0 Å². The summed E-state index contributed by atoms with van der Waals surface area (Å²) >= 11 is 1.38. The van der Waals surface area contributed by atoms with Gasteiger partial charge in [0.1, 0.15) is 0 Å². The van der Waals surface area contributed by atoms with Crippen LogP contribution in [0.4, 0.5) is 0 Å². The highest BCUT2D eigenvalue weighted by Gasteiger charge is 2.21. The maximum Gasteiger partial charge on any atom is 0.230 e. The van der Waals surface area contributed by atoms with Gasteiger partial charge in [0.05, 0.1) is 18.0 Å². The zero-order valence-corrected chi connectivity index (χ0v) is 19.3. The molecule has 0 fully saturated rings. The number of nitrogens with one attached hydrogen (secondary N) is 1. The third-order valence-electron chi connectivity index (χ3n) is 4.90. The number of thioether (sulfide) groups is 1. The summed E-state index contributed by atoms with van der Waals surface area (Å²) < 4.78 is 7.17. The molecule has 31 heavy (non-hydrogen) atoms. The van der Waals surface area contributed by atoms with E-state index in [1.54, 1.807) is 19.5 Å². The number of hydrogen-bond donors (Lipinski definition) is 1. The monoisotopic (exact) mass is 439 g/mol. The predicted octanol–water partition coefficient (Wildman–Crippen LogP) is 3.70. The summed E-state index contributed by atoms with van der Waals surface area (Å²) in [6.45, 7) is 6.68. The van der Waals surface area contributed by atoms with E-state index in [0.29, 0.717) is 11.8 Å². The molecule has 7 nitrogen and oxygen atoms in total. The highest BCUT2D eigenvalue weighted by Crippen LogP contribution is 2.32. The van der Waals surface area contributed by atoms with Crippen molar-refractivity contribution in [3.05, 3.63) is 53.9 Å². The van der Waals surface area contributed by atoms with Gasteiger partial charge in [-0.05, 0) is 43.0 Å². The van der Waals surface area contributed by atoms with Gasteiger partial charge in [0.2, 0.25) is 5.91 Å². The van der Waals surface area contributed by atoms with Crippen LogP contribution >= 0.6 is 11.8 Å². The Balaban J connectivity index is 2.01. The van der Waals surface area contributed by atoms with Crippen LogP contribution in [-0.2, 0) is 22.4 Å². The van der Waals surface area contributed by atoms with Gasteiger partial charge in [-0.25, -0.2) is 0 Å². The summed E-state index contributed by atoms with van der Waals surface area (Å²) in [5.41, 5.74) is 4.40. The molecule has 0 saturated carbocycles. The number of ether oxygens (including phenoxy) is 1. The molecule has 1 atom stereocenters. The fourth-order valence-corrected chi connectivity index (χ4v) is 4.24. The lowest BCUT2D eigenvalue weighted by Crippen LogP contribution is -2.36. The summed E-state index contributed by atoms with van der Waals surface area (Å²) in [6.07, 6.45) is 5.29. The SMILES string of the molecule is CCc1cccc(CC)c1-n1c(SCC(=O)NC(C)COC)nnc1-c1cccnc1. The fourth-order valence-electron chi connectivity index (χ4n) is 3.49. The number of nitrogens with zero attached hydrogens (tertiary/aromatic N) is 4. The highest BCUT2D eigenvalue weighted by molar-refractivity contribution is 7.99. The van der Waals surface area contributed by atoms with Gasteiger partial charge in [0.25, 0.3) is 0 Å². The molecule has 1 unspecified atom stereocenters. The van der Waals surface area contributed by atoms with Crippen LogP contribution in [0.5, 0.6) is 0 Å². The number of methoxy groups -OCH3 is 1. The van der Waals surface area contributed by atoms with Gasteiger partial charge in [0.15, 0.2) is 11.0 Å². The third-order valence-corrected chi connectivity index (χ3v) is 5.83. The lowest BCUT2D eigenvalue weighted by molar-refractivity contribution is -0.119. The van der Waals surface area contributed by atoms with Gasteiger partial charge in [-0.15, -0.1) is 10.2 Å². The zero-order valence-electron chi connectivity index (χ0n) is 18.5. The Labute approximate surface area is 187 Å². The molecule has 1 amide bonds. The number of carbonyl (C=O) groups excluding carboxylic acids is 1. The molecular weight excluding hydrogens is 410 g/mol. The number of hydrogen-bond acceptors (Lipinski definition) is 6. The molecule has 0 spiro atoms. The highest BCUT2D eigenvalue weighted by atomic mass is 32.2. The van der Waals surface area contributed by atoms with Crippen molar-refractivity contribution in [3.8, 4) is 17.1 Å². The van der Waals surface area contributed by atoms with Crippen LogP contribution in [0, 0.1) is 0 Å². The van der Waals surface area contributed by atoms with E-state index in [2.05, 4.69) is 57.1 Å². The molecule has 3 rings (SSSR count). The number of pyridine rings is 1. The van der Waals surface area contributed by atoms with Crippen LogP contribution in [0.25, 0.3) is 17.1 Å². The Morgan fingerprint density at radius 3 is 2.52 bits per heavy atom. The van der Waals surface area contributed by atoms with Crippen molar-refractivity contribution < 1.29 is 9.53 Å². The lowest BCUT2D eigenvalue weighted by Gasteiger charge is -2.18. The number of rotatable bonds is 10. The second-order valence-electron chi connectivity index (χ2n) is 7.23. The molecule has 2 aromatic heterocycles. The molecule has 0 bridgehead atoms. The lowest BCUT2D eigenvalue weighted by atomic mass is 10.0. The second-order valence-corrected chi connectivity index (χ2v) is 8.17. The third kappa shape index (κ3) is 5.51. The smallest absolute Gasteiger partial charge is 0.230 e. The zero-order chi connectivity index (χ0) is 22.2. The van der Waals surface area contributed by atoms with Crippen LogP contribution in [-0.4, -0.2) is 51.2 Å². The van der Waals surface area contributed by atoms with Crippen molar-refractivity contribution in [2.45, 2.75) is 44.8 Å². The minimum atomic E-state index is -0.0634. The Morgan fingerprint density at radius 2 is 1.90 bits per heavy atom. The van der Waals surface area contributed by atoms with Crippen LogP contribution in [0.15, 0.2) is 47.9 Å². The first-order valence-electron chi connectivity index (χ1n) is 10.5. The predicted molar refractivity (Wildman–Crippen MR) is 124 cm³/mol. The van der Waals surface area contributed by atoms with E-state index < -0.39 is 0 Å². The summed E-state index contributed by atoms with van der Waals surface area (Å²) in [5.74, 6) is 0.903. The van der Waals surface area contributed by atoms with Gasteiger partial charge < -0.3 is 10.1 Å². The summed E-state index contributed by atoms with van der Waals surface area (Å²) in [6, 6.07) is 10.2. The molecule has 2 heterocycles.